The zero-order valence-corrected chi connectivity index (χ0v) is 15.7. The molecule has 0 unspecified atom stereocenters. The van der Waals surface area contributed by atoms with E-state index in [1.165, 1.54) is 29.2 Å². The number of carbonyl (C=O) groups is 1. The molecule has 31 heavy (non-hydrogen) atoms. The summed E-state index contributed by atoms with van der Waals surface area (Å²) in [5, 5.41) is 20.0. The Morgan fingerprint density at radius 1 is 1.10 bits per heavy atom. The fraction of sp³-hybridized carbons (Fsp3) is 0.111. The van der Waals surface area contributed by atoms with Crippen LogP contribution >= 0.6 is 0 Å². The van der Waals surface area contributed by atoms with Gasteiger partial charge in [0, 0.05) is 5.69 Å². The topological polar surface area (TPSA) is 103 Å². The number of aryl methyl sites for hydroxylation is 1. The monoisotopic (exact) mass is 432 g/mol. The maximum absolute atomic E-state index is 13.7. The number of tetrazole rings is 1. The van der Waals surface area contributed by atoms with Crippen molar-refractivity contribution in [2.45, 2.75) is 13.1 Å². The van der Waals surface area contributed by atoms with Crippen LogP contribution in [-0.4, -0.2) is 41.1 Å². The summed E-state index contributed by atoms with van der Waals surface area (Å²) in [6, 6.07) is 8.98. The number of rotatable bonds is 4. The molecule has 4 rings (SSSR count). The summed E-state index contributed by atoms with van der Waals surface area (Å²) >= 11 is 0. The van der Waals surface area contributed by atoms with E-state index >= 15 is 0 Å². The highest BCUT2D eigenvalue weighted by Crippen LogP contribution is 2.33. The van der Waals surface area contributed by atoms with E-state index in [2.05, 4.69) is 31.2 Å². The van der Waals surface area contributed by atoms with Crippen molar-refractivity contribution in [3.63, 3.8) is 0 Å². The second-order valence-corrected chi connectivity index (χ2v) is 6.39. The smallest absolute Gasteiger partial charge is 0.321 e. The third-order valence-electron chi connectivity index (χ3n) is 4.26. The molecule has 0 saturated carbocycles. The summed E-state index contributed by atoms with van der Waals surface area (Å²) in [5.41, 5.74) is -1.08. The third-order valence-corrected chi connectivity index (χ3v) is 4.26. The number of nitrogens with zero attached hydrogens (tertiary/aromatic N) is 7. The van der Waals surface area contributed by atoms with Crippen molar-refractivity contribution < 1.29 is 22.4 Å². The van der Waals surface area contributed by atoms with Crippen LogP contribution in [0.4, 0.5) is 23.2 Å². The molecule has 9 nitrogen and oxygen atoms in total. The van der Waals surface area contributed by atoms with Crippen molar-refractivity contribution >= 4 is 11.6 Å². The number of hydrogen-bond acceptors (Lipinski definition) is 6. The Kier molecular flexibility index (Phi) is 4.93. The van der Waals surface area contributed by atoms with Crippen LogP contribution in [-0.2, 0) is 6.18 Å². The third kappa shape index (κ3) is 3.97. The van der Waals surface area contributed by atoms with Gasteiger partial charge in [-0.25, -0.2) is 13.8 Å². The SMILES string of the molecule is Cc1cc(NC(=O)c2nnn(-c3cccc(F)c3)c2C(F)(F)F)ccc1-n1cnnn1. The van der Waals surface area contributed by atoms with Gasteiger partial charge in [0.2, 0.25) is 0 Å². The normalized spacial score (nSPS) is 11.5. The minimum atomic E-state index is -4.97. The summed E-state index contributed by atoms with van der Waals surface area (Å²) in [4.78, 5) is 12.6. The highest BCUT2D eigenvalue weighted by Gasteiger charge is 2.42. The first kappa shape index (κ1) is 20.1. The van der Waals surface area contributed by atoms with Gasteiger partial charge in [-0.1, -0.05) is 11.3 Å². The van der Waals surface area contributed by atoms with Crippen molar-refractivity contribution in [2.24, 2.45) is 0 Å². The number of carbonyl (C=O) groups excluding carboxylic acids is 1. The first-order chi connectivity index (χ1) is 14.7. The van der Waals surface area contributed by atoms with E-state index < -0.39 is 29.3 Å². The number of halogens is 4. The number of amides is 1. The van der Waals surface area contributed by atoms with E-state index in [1.54, 1.807) is 19.1 Å². The van der Waals surface area contributed by atoms with E-state index in [0.29, 0.717) is 15.9 Å². The number of benzene rings is 2. The Labute approximate surface area is 171 Å². The van der Waals surface area contributed by atoms with Gasteiger partial charge < -0.3 is 5.32 Å². The van der Waals surface area contributed by atoms with Gasteiger partial charge in [0.15, 0.2) is 11.4 Å². The van der Waals surface area contributed by atoms with Gasteiger partial charge in [-0.3, -0.25) is 4.79 Å². The summed E-state index contributed by atoms with van der Waals surface area (Å²) < 4.78 is 56.4. The second-order valence-electron chi connectivity index (χ2n) is 6.39. The molecule has 0 radical (unpaired) electrons. The van der Waals surface area contributed by atoms with Crippen molar-refractivity contribution in [3.8, 4) is 11.4 Å². The van der Waals surface area contributed by atoms with Gasteiger partial charge in [0.1, 0.15) is 12.1 Å². The quantitative estimate of drug-likeness (QED) is 0.498. The number of nitrogens with one attached hydrogen (secondary N) is 1. The molecule has 0 aliphatic heterocycles. The first-order valence-corrected chi connectivity index (χ1v) is 8.68. The number of hydrogen-bond donors (Lipinski definition) is 1. The van der Waals surface area contributed by atoms with Gasteiger partial charge >= 0.3 is 6.18 Å². The van der Waals surface area contributed by atoms with Crippen LogP contribution in [0.3, 0.4) is 0 Å². The Morgan fingerprint density at radius 2 is 1.90 bits per heavy atom. The molecular formula is C18H12F4N8O. The molecular weight excluding hydrogens is 420 g/mol. The Hall–Kier alpha value is -4.16. The second kappa shape index (κ2) is 7.59. The van der Waals surface area contributed by atoms with Gasteiger partial charge in [-0.05, 0) is 59.3 Å². The number of alkyl halides is 3. The molecule has 0 fully saturated rings. The lowest BCUT2D eigenvalue weighted by Crippen LogP contribution is -2.21. The highest BCUT2D eigenvalue weighted by molar-refractivity contribution is 6.03. The number of aromatic nitrogens is 7. The zero-order valence-electron chi connectivity index (χ0n) is 15.7. The lowest BCUT2D eigenvalue weighted by Gasteiger charge is -2.12. The molecule has 2 aromatic heterocycles. The average molecular weight is 432 g/mol. The zero-order chi connectivity index (χ0) is 22.2. The molecule has 1 N–H and O–H groups in total. The predicted octanol–water partition coefficient (Wildman–Crippen LogP) is 2.96. The molecule has 1 amide bonds. The molecule has 4 aromatic rings. The average Bonchev–Trinajstić information content (AvgIpc) is 3.38. The fourth-order valence-electron chi connectivity index (χ4n) is 2.93. The molecule has 2 aromatic carbocycles. The standard InChI is InChI=1S/C18H12F4N8O/c1-10-7-12(5-6-14(10)29-9-23-26-28-29)24-17(31)15-16(18(20,21)22)30(27-25-15)13-4-2-3-11(19)8-13/h2-9H,1H3,(H,24,31). The van der Waals surface area contributed by atoms with E-state index in [9.17, 15) is 22.4 Å². The molecule has 0 spiro atoms. The summed E-state index contributed by atoms with van der Waals surface area (Å²) in [6.45, 7) is 1.72. The minimum absolute atomic E-state index is 0.222. The van der Waals surface area contributed by atoms with Gasteiger partial charge in [-0.15, -0.1) is 10.2 Å². The van der Waals surface area contributed by atoms with Crippen molar-refractivity contribution in [1.82, 2.24) is 35.2 Å². The molecule has 13 heteroatoms. The van der Waals surface area contributed by atoms with Crippen LogP contribution in [0.15, 0.2) is 48.8 Å². The van der Waals surface area contributed by atoms with Crippen LogP contribution in [0.5, 0.6) is 0 Å². The fourth-order valence-corrected chi connectivity index (χ4v) is 2.93. The van der Waals surface area contributed by atoms with E-state index in [-0.39, 0.29) is 11.4 Å². The molecule has 2 heterocycles. The van der Waals surface area contributed by atoms with Crippen LogP contribution < -0.4 is 5.32 Å². The van der Waals surface area contributed by atoms with E-state index in [4.69, 9.17) is 0 Å². The summed E-state index contributed by atoms with van der Waals surface area (Å²) in [5.74, 6) is -1.88. The largest absolute Gasteiger partial charge is 0.435 e. The van der Waals surface area contributed by atoms with E-state index in [0.717, 1.165) is 12.1 Å². The lowest BCUT2D eigenvalue weighted by molar-refractivity contribution is -0.143. The Balaban J connectivity index is 1.67. The highest BCUT2D eigenvalue weighted by atomic mass is 19.4. The molecule has 0 aliphatic rings. The van der Waals surface area contributed by atoms with Crippen molar-refractivity contribution in [1.29, 1.82) is 0 Å². The molecule has 0 saturated heterocycles. The van der Waals surface area contributed by atoms with Crippen molar-refractivity contribution in [3.05, 3.63) is 71.6 Å². The Bertz CT molecular complexity index is 1250. The molecule has 0 atom stereocenters. The lowest BCUT2D eigenvalue weighted by atomic mass is 10.1. The summed E-state index contributed by atoms with van der Waals surface area (Å²) in [7, 11) is 0. The number of anilines is 1. The van der Waals surface area contributed by atoms with Crippen LogP contribution in [0.25, 0.3) is 11.4 Å². The minimum Gasteiger partial charge on any atom is -0.321 e. The maximum atomic E-state index is 13.7. The van der Waals surface area contributed by atoms with Crippen LogP contribution in [0.1, 0.15) is 21.7 Å². The molecule has 0 aliphatic carbocycles. The van der Waals surface area contributed by atoms with Gasteiger partial charge in [-0.2, -0.15) is 13.2 Å². The first-order valence-electron chi connectivity index (χ1n) is 8.68. The van der Waals surface area contributed by atoms with Crippen molar-refractivity contribution in [2.75, 3.05) is 5.32 Å². The molecule has 158 valence electrons. The van der Waals surface area contributed by atoms with Gasteiger partial charge in [0.25, 0.3) is 5.91 Å². The summed E-state index contributed by atoms with van der Waals surface area (Å²) in [6.07, 6.45) is -3.59. The Morgan fingerprint density at radius 3 is 2.55 bits per heavy atom. The molecule has 0 bridgehead atoms. The van der Waals surface area contributed by atoms with E-state index in [1.807, 2.05) is 0 Å². The predicted molar refractivity (Wildman–Crippen MR) is 98.2 cm³/mol. The maximum Gasteiger partial charge on any atom is 0.435 e. The van der Waals surface area contributed by atoms with Crippen LogP contribution in [0.2, 0.25) is 0 Å². The van der Waals surface area contributed by atoms with Gasteiger partial charge in [0.05, 0.1) is 11.4 Å². The van der Waals surface area contributed by atoms with Crippen LogP contribution in [0, 0.1) is 12.7 Å².